The molecule has 0 aliphatic rings. The zero-order valence-corrected chi connectivity index (χ0v) is 9.96. The van der Waals surface area contributed by atoms with Crippen LogP contribution in [0.3, 0.4) is 0 Å². The Hall–Kier alpha value is -2.13. The summed E-state index contributed by atoms with van der Waals surface area (Å²) in [5.41, 5.74) is 9.13. The molecule has 0 aliphatic carbocycles. The van der Waals surface area contributed by atoms with Gasteiger partial charge in [0.05, 0.1) is 14.2 Å². The molecular formula is C12H15N3O2. The SMILES string of the molecule is COc1ccc(C=CCCN=[N+]=[N-])cc1OC. The standard InChI is InChI=1S/C12H15N3O2/c1-16-11-7-6-10(9-12(11)17-2)5-3-4-8-14-15-13/h3,5-7,9H,4,8H2,1-2H3. The van der Waals surface area contributed by atoms with E-state index in [9.17, 15) is 0 Å². The number of hydrogen-bond acceptors (Lipinski definition) is 3. The van der Waals surface area contributed by atoms with E-state index >= 15 is 0 Å². The number of nitrogens with zero attached hydrogens (tertiary/aromatic N) is 3. The minimum Gasteiger partial charge on any atom is -0.493 e. The zero-order chi connectivity index (χ0) is 12.5. The average molecular weight is 233 g/mol. The fourth-order valence-electron chi connectivity index (χ4n) is 1.35. The largest absolute Gasteiger partial charge is 0.493 e. The van der Waals surface area contributed by atoms with Crippen LogP contribution >= 0.6 is 0 Å². The van der Waals surface area contributed by atoms with Gasteiger partial charge >= 0.3 is 0 Å². The molecule has 0 unspecified atom stereocenters. The second kappa shape index (κ2) is 7.19. The Bertz CT molecular complexity index is 437. The van der Waals surface area contributed by atoms with E-state index in [-0.39, 0.29) is 0 Å². The molecule has 0 amide bonds. The first-order valence-electron chi connectivity index (χ1n) is 5.21. The number of ether oxygens (including phenoxy) is 2. The Kier molecular flexibility index (Phi) is 5.47. The quantitative estimate of drug-likeness (QED) is 0.327. The maximum Gasteiger partial charge on any atom is 0.161 e. The average Bonchev–Trinajstić information content (AvgIpc) is 2.38. The molecule has 0 saturated heterocycles. The van der Waals surface area contributed by atoms with Crippen molar-refractivity contribution >= 4 is 6.08 Å². The van der Waals surface area contributed by atoms with E-state index in [1.807, 2.05) is 30.4 Å². The molecule has 0 bridgehead atoms. The first-order chi connectivity index (χ1) is 8.31. The summed E-state index contributed by atoms with van der Waals surface area (Å²) in [6, 6.07) is 5.68. The summed E-state index contributed by atoms with van der Waals surface area (Å²) < 4.78 is 10.3. The first-order valence-corrected chi connectivity index (χ1v) is 5.21. The molecule has 1 rings (SSSR count). The second-order valence-corrected chi connectivity index (χ2v) is 3.26. The Morgan fingerprint density at radius 3 is 2.71 bits per heavy atom. The molecule has 0 radical (unpaired) electrons. The van der Waals surface area contributed by atoms with Crippen molar-refractivity contribution in [2.45, 2.75) is 6.42 Å². The molecule has 90 valence electrons. The summed E-state index contributed by atoms with van der Waals surface area (Å²) in [5, 5.41) is 3.45. The van der Waals surface area contributed by atoms with Crippen LogP contribution in [-0.2, 0) is 0 Å². The van der Waals surface area contributed by atoms with Gasteiger partial charge in [-0.2, -0.15) is 0 Å². The molecule has 0 aromatic heterocycles. The fourth-order valence-corrected chi connectivity index (χ4v) is 1.35. The highest BCUT2D eigenvalue weighted by Gasteiger charge is 2.02. The van der Waals surface area contributed by atoms with Gasteiger partial charge in [0.2, 0.25) is 0 Å². The van der Waals surface area contributed by atoms with Gasteiger partial charge < -0.3 is 9.47 Å². The summed E-state index contributed by atoms with van der Waals surface area (Å²) in [4.78, 5) is 2.68. The van der Waals surface area contributed by atoms with Crippen LogP contribution in [0.1, 0.15) is 12.0 Å². The predicted octanol–water partition coefficient (Wildman–Crippen LogP) is 3.42. The molecule has 1 aromatic carbocycles. The van der Waals surface area contributed by atoms with Crippen LogP contribution < -0.4 is 9.47 Å². The van der Waals surface area contributed by atoms with E-state index in [4.69, 9.17) is 15.0 Å². The van der Waals surface area contributed by atoms with Crippen molar-refractivity contribution < 1.29 is 9.47 Å². The van der Waals surface area contributed by atoms with Gasteiger partial charge in [0, 0.05) is 11.5 Å². The van der Waals surface area contributed by atoms with Gasteiger partial charge in [-0.1, -0.05) is 23.3 Å². The molecule has 0 fully saturated rings. The zero-order valence-electron chi connectivity index (χ0n) is 9.96. The Morgan fingerprint density at radius 1 is 1.29 bits per heavy atom. The lowest BCUT2D eigenvalue weighted by Gasteiger charge is -2.07. The topological polar surface area (TPSA) is 67.2 Å². The summed E-state index contributed by atoms with van der Waals surface area (Å²) >= 11 is 0. The third-order valence-electron chi connectivity index (χ3n) is 2.18. The lowest BCUT2D eigenvalue weighted by molar-refractivity contribution is 0.355. The van der Waals surface area contributed by atoms with Crippen molar-refractivity contribution in [1.29, 1.82) is 0 Å². The van der Waals surface area contributed by atoms with Crippen molar-refractivity contribution in [1.82, 2.24) is 0 Å². The monoisotopic (exact) mass is 233 g/mol. The number of benzene rings is 1. The van der Waals surface area contributed by atoms with Gasteiger partial charge in [0.1, 0.15) is 0 Å². The molecule has 0 atom stereocenters. The van der Waals surface area contributed by atoms with Crippen LogP contribution in [-0.4, -0.2) is 20.8 Å². The summed E-state index contributed by atoms with van der Waals surface area (Å²) in [6.07, 6.45) is 4.63. The normalized spacial score (nSPS) is 10.0. The summed E-state index contributed by atoms with van der Waals surface area (Å²) in [5.74, 6) is 1.41. The van der Waals surface area contributed by atoms with E-state index in [1.165, 1.54) is 0 Å². The molecule has 0 aliphatic heterocycles. The van der Waals surface area contributed by atoms with Crippen molar-refractivity contribution in [2.75, 3.05) is 20.8 Å². The Balaban J connectivity index is 2.68. The summed E-state index contributed by atoms with van der Waals surface area (Å²) in [7, 11) is 3.21. The van der Waals surface area contributed by atoms with E-state index in [2.05, 4.69) is 10.0 Å². The number of methoxy groups -OCH3 is 2. The van der Waals surface area contributed by atoms with E-state index in [0.29, 0.717) is 18.0 Å². The lowest BCUT2D eigenvalue weighted by atomic mass is 10.2. The molecule has 0 spiro atoms. The summed E-state index contributed by atoms with van der Waals surface area (Å²) in [6.45, 7) is 0.473. The molecule has 5 nitrogen and oxygen atoms in total. The van der Waals surface area contributed by atoms with E-state index < -0.39 is 0 Å². The van der Waals surface area contributed by atoms with Gasteiger partial charge in [-0.25, -0.2) is 0 Å². The van der Waals surface area contributed by atoms with Gasteiger partial charge in [-0.05, 0) is 29.6 Å². The molecule has 0 heterocycles. The lowest BCUT2D eigenvalue weighted by Crippen LogP contribution is -1.90. The molecule has 0 saturated carbocycles. The molecule has 5 heteroatoms. The highest BCUT2D eigenvalue weighted by molar-refractivity contribution is 5.55. The molecule has 0 N–H and O–H groups in total. The van der Waals surface area contributed by atoms with Crippen molar-refractivity contribution in [3.63, 3.8) is 0 Å². The highest BCUT2D eigenvalue weighted by Crippen LogP contribution is 2.27. The van der Waals surface area contributed by atoms with Crippen LogP contribution in [0.5, 0.6) is 11.5 Å². The predicted molar refractivity (Wildman–Crippen MR) is 67.2 cm³/mol. The van der Waals surface area contributed by atoms with E-state index in [1.54, 1.807) is 14.2 Å². The number of hydrogen-bond donors (Lipinski definition) is 0. The van der Waals surface area contributed by atoms with E-state index in [0.717, 1.165) is 12.0 Å². The van der Waals surface area contributed by atoms with Gasteiger partial charge in [-0.3, -0.25) is 0 Å². The minimum atomic E-state index is 0.473. The Labute approximate surface area is 100 Å². The van der Waals surface area contributed by atoms with Crippen LogP contribution in [0.25, 0.3) is 16.5 Å². The van der Waals surface area contributed by atoms with Crippen molar-refractivity contribution in [2.24, 2.45) is 5.11 Å². The number of azide groups is 1. The first kappa shape index (κ1) is 12.9. The Morgan fingerprint density at radius 2 is 2.06 bits per heavy atom. The van der Waals surface area contributed by atoms with Gasteiger partial charge in [0.15, 0.2) is 11.5 Å². The van der Waals surface area contributed by atoms with Gasteiger partial charge in [-0.15, -0.1) is 0 Å². The second-order valence-electron chi connectivity index (χ2n) is 3.26. The number of rotatable bonds is 6. The van der Waals surface area contributed by atoms with Crippen LogP contribution in [0.15, 0.2) is 29.4 Å². The minimum absolute atomic E-state index is 0.473. The fraction of sp³-hybridized carbons (Fsp3) is 0.333. The maximum absolute atomic E-state index is 8.11. The van der Waals surface area contributed by atoms with Crippen LogP contribution in [0.4, 0.5) is 0 Å². The van der Waals surface area contributed by atoms with Crippen LogP contribution in [0.2, 0.25) is 0 Å². The van der Waals surface area contributed by atoms with Crippen LogP contribution in [0, 0.1) is 0 Å². The highest BCUT2D eigenvalue weighted by atomic mass is 16.5. The smallest absolute Gasteiger partial charge is 0.161 e. The molecule has 1 aromatic rings. The van der Waals surface area contributed by atoms with Gasteiger partial charge in [0.25, 0.3) is 0 Å². The van der Waals surface area contributed by atoms with Crippen molar-refractivity contribution in [3.8, 4) is 11.5 Å². The third-order valence-corrected chi connectivity index (χ3v) is 2.18. The molecular weight excluding hydrogens is 218 g/mol. The maximum atomic E-state index is 8.11. The third kappa shape index (κ3) is 4.09. The molecule has 17 heavy (non-hydrogen) atoms. The van der Waals surface area contributed by atoms with Crippen molar-refractivity contribution in [3.05, 3.63) is 40.3 Å².